The van der Waals surface area contributed by atoms with Crippen molar-refractivity contribution in [1.82, 2.24) is 0 Å². The van der Waals surface area contributed by atoms with Crippen LogP contribution >= 0.6 is 27.5 Å². The van der Waals surface area contributed by atoms with Gasteiger partial charge in [0.1, 0.15) is 0 Å². The first kappa shape index (κ1) is 15.4. The zero-order valence-corrected chi connectivity index (χ0v) is 14.5. The number of halogens is 2. The molecular weight excluding hydrogens is 350 g/mol. The molecule has 1 fully saturated rings. The number of anilines is 1. The molecule has 0 atom stereocenters. The maximum Gasteiger partial charge on any atom is 0.231 e. The molecule has 0 bridgehead atoms. The molecule has 1 saturated carbocycles. The fraction of sp³-hybridized carbons (Fsp3) is 0.588. The lowest BCUT2D eigenvalue weighted by atomic mass is 9.82. The minimum absolute atomic E-state index is 0.218. The van der Waals surface area contributed by atoms with Crippen molar-refractivity contribution in [3.05, 3.63) is 28.8 Å². The van der Waals surface area contributed by atoms with Crippen molar-refractivity contribution in [2.24, 2.45) is 5.41 Å². The van der Waals surface area contributed by atoms with Gasteiger partial charge in [-0.15, -0.1) is 0 Å². The summed E-state index contributed by atoms with van der Waals surface area (Å²) >= 11 is 9.85. The Labute approximate surface area is 140 Å². The third-order valence-corrected chi connectivity index (χ3v) is 6.35. The quantitative estimate of drug-likeness (QED) is 0.543. The lowest BCUT2D eigenvalue weighted by Crippen LogP contribution is -2.40. The summed E-state index contributed by atoms with van der Waals surface area (Å²) in [5, 5.41) is 1.68. The van der Waals surface area contributed by atoms with Gasteiger partial charge in [0.2, 0.25) is 5.91 Å². The van der Waals surface area contributed by atoms with Gasteiger partial charge in [-0.1, -0.05) is 59.3 Å². The number of carbonyl (C=O) groups is 1. The lowest BCUT2D eigenvalue weighted by molar-refractivity contribution is -0.117. The van der Waals surface area contributed by atoms with Crippen molar-refractivity contribution in [3.8, 4) is 0 Å². The number of alkyl halides is 1. The van der Waals surface area contributed by atoms with Gasteiger partial charge in [0, 0.05) is 22.6 Å². The van der Waals surface area contributed by atoms with Crippen LogP contribution in [0.3, 0.4) is 0 Å². The normalized spacial score (nSPS) is 21.2. The van der Waals surface area contributed by atoms with E-state index in [0.717, 1.165) is 23.1 Å². The van der Waals surface area contributed by atoms with Crippen LogP contribution in [0.15, 0.2) is 18.2 Å². The van der Waals surface area contributed by atoms with Crippen LogP contribution in [-0.4, -0.2) is 17.8 Å². The van der Waals surface area contributed by atoms with Gasteiger partial charge in [-0.25, -0.2) is 0 Å². The van der Waals surface area contributed by atoms with Crippen molar-refractivity contribution in [2.45, 2.75) is 44.9 Å². The highest BCUT2D eigenvalue weighted by Gasteiger charge is 2.37. The van der Waals surface area contributed by atoms with E-state index >= 15 is 0 Å². The Morgan fingerprint density at radius 2 is 1.90 bits per heavy atom. The summed E-state index contributed by atoms with van der Waals surface area (Å²) in [6, 6.07) is 5.81. The molecule has 1 aliphatic carbocycles. The summed E-state index contributed by atoms with van der Waals surface area (Å²) in [6.45, 7) is 0.824. The molecule has 3 rings (SSSR count). The van der Waals surface area contributed by atoms with Gasteiger partial charge < -0.3 is 4.90 Å². The molecule has 0 unspecified atom stereocenters. The molecule has 1 aromatic rings. The van der Waals surface area contributed by atoms with Crippen molar-refractivity contribution in [2.75, 3.05) is 16.8 Å². The zero-order valence-electron chi connectivity index (χ0n) is 12.2. The van der Waals surface area contributed by atoms with E-state index in [0.29, 0.717) is 11.4 Å². The second-order valence-corrected chi connectivity index (χ2v) is 7.47. The molecule has 1 amide bonds. The van der Waals surface area contributed by atoms with Crippen LogP contribution < -0.4 is 4.90 Å². The molecule has 0 N–H and O–H groups in total. The van der Waals surface area contributed by atoms with E-state index in [1.807, 2.05) is 23.1 Å². The topological polar surface area (TPSA) is 20.3 Å². The predicted molar refractivity (Wildman–Crippen MR) is 91.4 cm³/mol. The average Bonchev–Trinajstić information content (AvgIpc) is 2.67. The Balaban J connectivity index is 1.86. The molecule has 0 saturated heterocycles. The number of hydrogen-bond donors (Lipinski definition) is 0. The molecular formula is C17H21BrClNO. The van der Waals surface area contributed by atoms with E-state index in [1.54, 1.807) is 0 Å². The van der Waals surface area contributed by atoms with Crippen LogP contribution in [0.2, 0.25) is 5.02 Å². The minimum atomic E-state index is 0.218. The van der Waals surface area contributed by atoms with Gasteiger partial charge >= 0.3 is 0 Å². The Bertz CT molecular complexity index is 538. The molecule has 1 heterocycles. The first-order chi connectivity index (χ1) is 10.1. The molecule has 114 valence electrons. The number of fused-ring (bicyclic) bond motifs is 1. The van der Waals surface area contributed by atoms with Gasteiger partial charge in [0.15, 0.2) is 0 Å². The third kappa shape index (κ3) is 3.14. The highest BCUT2D eigenvalue weighted by Crippen LogP contribution is 2.41. The molecule has 1 aromatic carbocycles. The van der Waals surface area contributed by atoms with Crippen molar-refractivity contribution < 1.29 is 4.79 Å². The predicted octanol–water partition coefficient (Wildman–Crippen LogP) is 4.96. The minimum Gasteiger partial charge on any atom is -0.311 e. The van der Waals surface area contributed by atoms with E-state index in [9.17, 15) is 4.79 Å². The standard InChI is InChI=1S/C17H21BrClNO/c18-11-17(7-3-1-2-4-8-17)12-20-15-10-14(19)6-5-13(15)9-16(20)21/h5-6,10H,1-4,7-9,11-12H2. The molecule has 0 spiro atoms. The number of amides is 1. The fourth-order valence-electron chi connectivity index (χ4n) is 3.65. The van der Waals surface area contributed by atoms with Crippen LogP contribution in [0.4, 0.5) is 5.69 Å². The summed E-state index contributed by atoms with van der Waals surface area (Å²) in [7, 11) is 0. The smallest absolute Gasteiger partial charge is 0.231 e. The first-order valence-corrected chi connectivity index (χ1v) is 9.28. The van der Waals surface area contributed by atoms with E-state index in [2.05, 4.69) is 15.9 Å². The lowest BCUT2D eigenvalue weighted by Gasteiger charge is -2.35. The zero-order chi connectivity index (χ0) is 14.9. The number of benzene rings is 1. The van der Waals surface area contributed by atoms with Gasteiger partial charge in [-0.3, -0.25) is 4.79 Å². The van der Waals surface area contributed by atoms with Crippen LogP contribution in [0.25, 0.3) is 0 Å². The number of nitrogens with zero attached hydrogens (tertiary/aromatic N) is 1. The molecule has 2 nitrogen and oxygen atoms in total. The average molecular weight is 371 g/mol. The molecule has 2 aliphatic rings. The van der Waals surface area contributed by atoms with Gasteiger partial charge in [0.05, 0.1) is 6.42 Å². The number of hydrogen-bond acceptors (Lipinski definition) is 1. The van der Waals surface area contributed by atoms with Crippen LogP contribution in [0, 0.1) is 5.41 Å². The molecule has 1 aliphatic heterocycles. The summed E-state index contributed by atoms with van der Waals surface area (Å²) in [4.78, 5) is 14.4. The maximum atomic E-state index is 12.4. The van der Waals surface area contributed by atoms with Crippen LogP contribution in [-0.2, 0) is 11.2 Å². The Kier molecular flexibility index (Phi) is 4.60. The largest absolute Gasteiger partial charge is 0.311 e. The summed E-state index contributed by atoms with van der Waals surface area (Å²) in [5.41, 5.74) is 2.36. The summed E-state index contributed by atoms with van der Waals surface area (Å²) in [6.07, 6.45) is 8.13. The molecule has 0 aromatic heterocycles. The van der Waals surface area contributed by atoms with Crippen LogP contribution in [0.5, 0.6) is 0 Å². The Morgan fingerprint density at radius 1 is 1.19 bits per heavy atom. The van der Waals surface area contributed by atoms with Crippen LogP contribution in [0.1, 0.15) is 44.1 Å². The molecule has 0 radical (unpaired) electrons. The fourth-order valence-corrected chi connectivity index (χ4v) is 4.56. The SMILES string of the molecule is O=C1Cc2ccc(Cl)cc2N1CC1(CBr)CCCCCC1. The van der Waals surface area contributed by atoms with E-state index in [-0.39, 0.29) is 11.3 Å². The summed E-state index contributed by atoms with van der Waals surface area (Å²) < 4.78 is 0. The second-order valence-electron chi connectivity index (χ2n) is 6.48. The summed E-state index contributed by atoms with van der Waals surface area (Å²) in [5.74, 6) is 0.219. The van der Waals surface area contributed by atoms with Gasteiger partial charge in [0.25, 0.3) is 0 Å². The van der Waals surface area contributed by atoms with Crippen molar-refractivity contribution in [3.63, 3.8) is 0 Å². The van der Waals surface area contributed by atoms with Gasteiger partial charge in [-0.2, -0.15) is 0 Å². The highest BCUT2D eigenvalue weighted by molar-refractivity contribution is 9.09. The molecule has 21 heavy (non-hydrogen) atoms. The van der Waals surface area contributed by atoms with E-state index in [4.69, 9.17) is 11.6 Å². The second kappa shape index (κ2) is 6.29. The van der Waals surface area contributed by atoms with Gasteiger partial charge in [-0.05, 0) is 36.0 Å². The van der Waals surface area contributed by atoms with E-state index < -0.39 is 0 Å². The third-order valence-electron chi connectivity index (χ3n) is 4.92. The van der Waals surface area contributed by atoms with E-state index in [1.165, 1.54) is 38.5 Å². The Hall–Kier alpha value is -0.540. The monoisotopic (exact) mass is 369 g/mol. The van der Waals surface area contributed by atoms with Crippen molar-refractivity contribution in [1.29, 1.82) is 0 Å². The maximum absolute atomic E-state index is 12.4. The first-order valence-electron chi connectivity index (χ1n) is 7.78. The highest BCUT2D eigenvalue weighted by atomic mass is 79.9. The van der Waals surface area contributed by atoms with Crippen molar-refractivity contribution >= 4 is 39.1 Å². The molecule has 4 heteroatoms. The number of rotatable bonds is 3. The Morgan fingerprint density at radius 3 is 2.57 bits per heavy atom. The number of carbonyl (C=O) groups excluding carboxylic acids is 1.